The Kier molecular flexibility index (Phi) is 7.75. The first-order valence-corrected chi connectivity index (χ1v) is 11.8. The van der Waals surface area contributed by atoms with Gasteiger partial charge in [-0.3, -0.25) is 4.99 Å². The number of guanidine groups is 1. The summed E-state index contributed by atoms with van der Waals surface area (Å²) in [6.07, 6.45) is 6.35. The highest BCUT2D eigenvalue weighted by Gasteiger charge is 2.27. The van der Waals surface area contributed by atoms with Crippen LogP contribution in [0.4, 0.5) is 0 Å². The summed E-state index contributed by atoms with van der Waals surface area (Å²) in [7, 11) is -3.10. The van der Waals surface area contributed by atoms with Crippen molar-refractivity contribution in [3.05, 3.63) is 24.2 Å². The number of ether oxygens (including phenoxy) is 1. The molecule has 1 aromatic heterocycles. The summed E-state index contributed by atoms with van der Waals surface area (Å²) in [6.45, 7) is 4.98. The van der Waals surface area contributed by atoms with Gasteiger partial charge in [-0.2, -0.15) is 0 Å². The molecule has 0 spiro atoms. The molecule has 9 heteroatoms. The van der Waals surface area contributed by atoms with Crippen LogP contribution in [-0.2, 0) is 21.2 Å². The molecule has 3 rings (SSSR count). The van der Waals surface area contributed by atoms with Crippen molar-refractivity contribution in [3.8, 4) is 0 Å². The van der Waals surface area contributed by atoms with Crippen LogP contribution < -0.4 is 10.6 Å². The van der Waals surface area contributed by atoms with Crippen LogP contribution >= 0.6 is 0 Å². The molecule has 0 saturated carbocycles. The predicted molar refractivity (Wildman–Crippen MR) is 109 cm³/mol. The van der Waals surface area contributed by atoms with Crippen molar-refractivity contribution in [2.24, 2.45) is 4.99 Å². The molecule has 0 bridgehead atoms. The largest absolute Gasteiger partial charge is 0.469 e. The Hall–Kier alpha value is -1.58. The summed E-state index contributed by atoms with van der Waals surface area (Å²) < 4.78 is 36.7. The van der Waals surface area contributed by atoms with Gasteiger partial charge in [0.25, 0.3) is 0 Å². The summed E-state index contributed by atoms with van der Waals surface area (Å²) in [5, 5.41) is 6.85. The van der Waals surface area contributed by atoms with Gasteiger partial charge >= 0.3 is 0 Å². The van der Waals surface area contributed by atoms with E-state index in [1.165, 1.54) is 0 Å². The highest BCUT2D eigenvalue weighted by molar-refractivity contribution is 7.89. The first-order valence-electron chi connectivity index (χ1n) is 10.2. The molecule has 1 aromatic rings. The molecule has 0 aliphatic carbocycles. The fraction of sp³-hybridized carbons (Fsp3) is 0.737. The SMILES string of the molecule is CCS(=O)(=O)N1CCC(NC(=NCC2CCCO2)NCCc2ccco2)CC1. The zero-order chi connectivity index (χ0) is 19.8. The Morgan fingerprint density at radius 3 is 2.79 bits per heavy atom. The molecule has 2 fully saturated rings. The topological polar surface area (TPSA) is 96.2 Å². The lowest BCUT2D eigenvalue weighted by molar-refractivity contribution is 0.117. The molecule has 8 nitrogen and oxygen atoms in total. The Morgan fingerprint density at radius 2 is 2.14 bits per heavy atom. The number of rotatable bonds is 8. The van der Waals surface area contributed by atoms with Gasteiger partial charge in [-0.1, -0.05) is 0 Å². The number of piperidine rings is 1. The smallest absolute Gasteiger partial charge is 0.213 e. The average molecular weight is 413 g/mol. The fourth-order valence-corrected chi connectivity index (χ4v) is 4.68. The Bertz CT molecular complexity index is 706. The van der Waals surface area contributed by atoms with Crippen molar-refractivity contribution in [3.63, 3.8) is 0 Å². The quantitative estimate of drug-likeness (QED) is 0.494. The van der Waals surface area contributed by atoms with Crippen LogP contribution in [-0.4, -0.2) is 69.4 Å². The summed E-state index contributed by atoms with van der Waals surface area (Å²) >= 11 is 0. The number of hydrogen-bond donors (Lipinski definition) is 2. The first kappa shape index (κ1) is 21.1. The molecule has 0 aromatic carbocycles. The molecule has 0 amide bonds. The van der Waals surface area contributed by atoms with Crippen LogP contribution in [0.1, 0.15) is 38.4 Å². The standard InChI is InChI=1S/C19H32N4O4S/c1-2-28(24,25)23-11-8-16(9-12-23)22-19(21-15-18-6-4-14-27-18)20-10-7-17-5-3-13-26-17/h3,5,13,16,18H,2,4,6-12,14-15H2,1H3,(H2,20,21,22). The molecule has 2 N–H and O–H groups in total. The van der Waals surface area contributed by atoms with Crippen molar-refractivity contribution in [2.75, 3.05) is 38.5 Å². The third-order valence-corrected chi connectivity index (χ3v) is 7.16. The second kappa shape index (κ2) is 10.3. The number of hydrogen-bond acceptors (Lipinski definition) is 5. The maximum Gasteiger partial charge on any atom is 0.213 e. The van der Waals surface area contributed by atoms with Gasteiger partial charge in [0, 0.05) is 38.7 Å². The summed E-state index contributed by atoms with van der Waals surface area (Å²) in [4.78, 5) is 4.71. The minimum absolute atomic E-state index is 0.160. The minimum Gasteiger partial charge on any atom is -0.469 e. The van der Waals surface area contributed by atoms with Crippen LogP contribution in [0.25, 0.3) is 0 Å². The number of sulfonamides is 1. The van der Waals surface area contributed by atoms with Crippen LogP contribution in [0.5, 0.6) is 0 Å². The van der Waals surface area contributed by atoms with E-state index in [9.17, 15) is 8.42 Å². The maximum absolute atomic E-state index is 12.0. The van der Waals surface area contributed by atoms with E-state index in [0.29, 0.717) is 26.2 Å². The maximum atomic E-state index is 12.0. The van der Waals surface area contributed by atoms with Crippen LogP contribution in [0.2, 0.25) is 0 Å². The third kappa shape index (κ3) is 6.22. The van der Waals surface area contributed by atoms with Gasteiger partial charge in [-0.25, -0.2) is 12.7 Å². The van der Waals surface area contributed by atoms with E-state index in [2.05, 4.69) is 10.6 Å². The molecule has 2 saturated heterocycles. The highest BCUT2D eigenvalue weighted by Crippen LogP contribution is 2.15. The first-order chi connectivity index (χ1) is 13.6. The molecule has 1 unspecified atom stereocenters. The van der Waals surface area contributed by atoms with E-state index in [4.69, 9.17) is 14.1 Å². The molecule has 1 atom stereocenters. The van der Waals surface area contributed by atoms with E-state index in [1.54, 1.807) is 17.5 Å². The van der Waals surface area contributed by atoms with Gasteiger partial charge in [0.2, 0.25) is 10.0 Å². The lowest BCUT2D eigenvalue weighted by Gasteiger charge is -2.32. The lowest BCUT2D eigenvalue weighted by atomic mass is 10.1. The van der Waals surface area contributed by atoms with E-state index >= 15 is 0 Å². The van der Waals surface area contributed by atoms with Crippen LogP contribution in [0.3, 0.4) is 0 Å². The van der Waals surface area contributed by atoms with Gasteiger partial charge in [-0.15, -0.1) is 0 Å². The van der Waals surface area contributed by atoms with Crippen molar-refractivity contribution >= 4 is 16.0 Å². The zero-order valence-corrected chi connectivity index (χ0v) is 17.4. The van der Waals surface area contributed by atoms with Crippen LogP contribution in [0, 0.1) is 0 Å². The second-order valence-electron chi connectivity index (χ2n) is 7.30. The summed E-state index contributed by atoms with van der Waals surface area (Å²) in [5.41, 5.74) is 0. The summed E-state index contributed by atoms with van der Waals surface area (Å²) in [5.74, 6) is 1.86. The molecule has 158 valence electrons. The number of aliphatic imine (C=N–C) groups is 1. The van der Waals surface area contributed by atoms with Gasteiger partial charge < -0.3 is 19.8 Å². The zero-order valence-electron chi connectivity index (χ0n) is 16.6. The van der Waals surface area contributed by atoms with Crippen molar-refractivity contribution < 1.29 is 17.6 Å². The summed E-state index contributed by atoms with van der Waals surface area (Å²) in [6, 6.07) is 4.06. The lowest BCUT2D eigenvalue weighted by Crippen LogP contribution is -2.50. The Balaban J connectivity index is 1.51. The van der Waals surface area contributed by atoms with Crippen molar-refractivity contribution in [1.82, 2.24) is 14.9 Å². The molecule has 0 radical (unpaired) electrons. The molecule has 2 aliphatic heterocycles. The normalized spacial score (nSPS) is 22.5. The van der Waals surface area contributed by atoms with E-state index < -0.39 is 10.0 Å². The monoisotopic (exact) mass is 412 g/mol. The van der Waals surface area contributed by atoms with Crippen LogP contribution in [0.15, 0.2) is 27.8 Å². The van der Waals surface area contributed by atoms with Crippen molar-refractivity contribution in [1.29, 1.82) is 0 Å². The molecule has 3 heterocycles. The fourth-order valence-electron chi connectivity index (χ4n) is 3.55. The number of nitrogens with one attached hydrogen (secondary N) is 2. The number of nitrogens with zero attached hydrogens (tertiary/aromatic N) is 2. The Morgan fingerprint density at radius 1 is 1.32 bits per heavy atom. The van der Waals surface area contributed by atoms with Crippen molar-refractivity contribution in [2.45, 2.75) is 51.2 Å². The Labute approximate surface area is 167 Å². The van der Waals surface area contributed by atoms with E-state index in [-0.39, 0.29) is 17.9 Å². The van der Waals surface area contributed by atoms with Gasteiger partial charge in [-0.05, 0) is 44.7 Å². The van der Waals surface area contributed by atoms with Gasteiger partial charge in [0.1, 0.15) is 5.76 Å². The number of furan rings is 1. The molecule has 2 aliphatic rings. The molecular weight excluding hydrogens is 380 g/mol. The highest BCUT2D eigenvalue weighted by atomic mass is 32.2. The van der Waals surface area contributed by atoms with E-state index in [0.717, 1.165) is 50.4 Å². The predicted octanol–water partition coefficient (Wildman–Crippen LogP) is 1.35. The molecule has 28 heavy (non-hydrogen) atoms. The average Bonchev–Trinajstić information content (AvgIpc) is 3.40. The van der Waals surface area contributed by atoms with E-state index in [1.807, 2.05) is 12.1 Å². The van der Waals surface area contributed by atoms with Gasteiger partial charge in [0.05, 0.1) is 24.7 Å². The minimum atomic E-state index is -3.10. The second-order valence-corrected chi connectivity index (χ2v) is 9.56. The third-order valence-electron chi connectivity index (χ3n) is 5.27. The molecular formula is C19H32N4O4S. The van der Waals surface area contributed by atoms with Gasteiger partial charge in [0.15, 0.2) is 5.96 Å².